The quantitative estimate of drug-likeness (QED) is 0.812. The SMILES string of the molecule is CN1CCN(C(=O)[C@H](Cc2ccccc2)NS(=O)(=O)c2ccccc2)CC1. The van der Waals surface area contributed by atoms with Crippen molar-refractivity contribution in [3.8, 4) is 0 Å². The second-order valence-corrected chi connectivity index (χ2v) is 8.52. The van der Waals surface area contributed by atoms with E-state index >= 15 is 0 Å². The highest BCUT2D eigenvalue weighted by molar-refractivity contribution is 7.89. The molecule has 144 valence electrons. The highest BCUT2D eigenvalue weighted by Crippen LogP contribution is 2.13. The van der Waals surface area contributed by atoms with Crippen LogP contribution in [0.15, 0.2) is 65.6 Å². The zero-order valence-corrected chi connectivity index (χ0v) is 16.2. The van der Waals surface area contributed by atoms with Gasteiger partial charge in [0, 0.05) is 26.2 Å². The summed E-state index contributed by atoms with van der Waals surface area (Å²) in [6.45, 7) is 2.78. The summed E-state index contributed by atoms with van der Waals surface area (Å²) in [6, 6.07) is 16.8. The van der Waals surface area contributed by atoms with Crippen molar-refractivity contribution in [3.63, 3.8) is 0 Å². The first kappa shape index (κ1) is 19.5. The topological polar surface area (TPSA) is 69.7 Å². The van der Waals surface area contributed by atoms with Crippen LogP contribution in [-0.2, 0) is 21.2 Å². The van der Waals surface area contributed by atoms with E-state index in [9.17, 15) is 13.2 Å². The van der Waals surface area contributed by atoms with Crippen molar-refractivity contribution in [1.82, 2.24) is 14.5 Å². The van der Waals surface area contributed by atoms with Crippen molar-refractivity contribution in [2.24, 2.45) is 0 Å². The first-order valence-electron chi connectivity index (χ1n) is 9.04. The lowest BCUT2D eigenvalue weighted by molar-refractivity contribution is -0.134. The smallest absolute Gasteiger partial charge is 0.241 e. The fourth-order valence-electron chi connectivity index (χ4n) is 3.13. The van der Waals surface area contributed by atoms with E-state index < -0.39 is 16.1 Å². The van der Waals surface area contributed by atoms with Gasteiger partial charge in [0.1, 0.15) is 6.04 Å². The zero-order valence-electron chi connectivity index (χ0n) is 15.4. The van der Waals surface area contributed by atoms with Crippen LogP contribution in [0, 0.1) is 0 Å². The van der Waals surface area contributed by atoms with Crippen LogP contribution in [0.25, 0.3) is 0 Å². The number of piperazine rings is 1. The summed E-state index contributed by atoms with van der Waals surface area (Å²) in [5, 5.41) is 0. The molecule has 0 saturated carbocycles. The largest absolute Gasteiger partial charge is 0.339 e. The summed E-state index contributed by atoms with van der Waals surface area (Å²) in [6.07, 6.45) is 0.318. The predicted molar refractivity (Wildman–Crippen MR) is 105 cm³/mol. The maximum atomic E-state index is 13.1. The number of rotatable bonds is 6. The lowest BCUT2D eigenvalue weighted by atomic mass is 10.1. The minimum Gasteiger partial charge on any atom is -0.339 e. The Labute approximate surface area is 160 Å². The van der Waals surface area contributed by atoms with Crippen LogP contribution in [0.4, 0.5) is 0 Å². The molecule has 0 spiro atoms. The maximum Gasteiger partial charge on any atom is 0.241 e. The Morgan fingerprint density at radius 3 is 2.11 bits per heavy atom. The van der Waals surface area contributed by atoms with Gasteiger partial charge in [-0.3, -0.25) is 4.79 Å². The number of hydrogen-bond donors (Lipinski definition) is 1. The predicted octanol–water partition coefficient (Wildman–Crippen LogP) is 1.35. The van der Waals surface area contributed by atoms with Gasteiger partial charge in [-0.25, -0.2) is 8.42 Å². The van der Waals surface area contributed by atoms with Gasteiger partial charge < -0.3 is 9.80 Å². The van der Waals surface area contributed by atoms with E-state index in [0.29, 0.717) is 19.5 Å². The van der Waals surface area contributed by atoms with Crippen molar-refractivity contribution in [3.05, 3.63) is 66.2 Å². The number of likely N-dealkylation sites (N-methyl/N-ethyl adjacent to an activating group) is 1. The lowest BCUT2D eigenvalue weighted by Gasteiger charge is -2.34. The minimum atomic E-state index is -3.78. The summed E-state index contributed by atoms with van der Waals surface area (Å²) >= 11 is 0. The molecule has 1 N–H and O–H groups in total. The molecule has 27 heavy (non-hydrogen) atoms. The molecule has 0 bridgehead atoms. The Morgan fingerprint density at radius 2 is 1.52 bits per heavy atom. The summed E-state index contributed by atoms with van der Waals surface area (Å²) in [5.74, 6) is -0.175. The molecule has 1 saturated heterocycles. The molecular weight excluding hydrogens is 362 g/mol. The molecule has 7 heteroatoms. The van der Waals surface area contributed by atoms with Gasteiger partial charge in [-0.15, -0.1) is 0 Å². The highest BCUT2D eigenvalue weighted by Gasteiger charge is 2.30. The summed E-state index contributed by atoms with van der Waals surface area (Å²) in [4.78, 5) is 17.2. The standard InChI is InChI=1S/C20H25N3O3S/c1-22-12-14-23(15-13-22)20(24)19(16-17-8-4-2-5-9-17)21-27(25,26)18-10-6-3-7-11-18/h2-11,19,21H,12-16H2,1H3/t19-/m0/s1. The Kier molecular flexibility index (Phi) is 6.26. The summed E-state index contributed by atoms with van der Waals surface area (Å²) in [5.41, 5.74) is 0.917. The molecule has 1 aliphatic rings. The molecule has 0 aliphatic carbocycles. The van der Waals surface area contributed by atoms with Gasteiger partial charge in [0.15, 0.2) is 0 Å². The molecule has 1 amide bonds. The van der Waals surface area contributed by atoms with Crippen LogP contribution in [0.5, 0.6) is 0 Å². The third-order valence-corrected chi connectivity index (χ3v) is 6.23. The molecule has 3 rings (SSSR count). The molecule has 0 unspecified atom stereocenters. The van der Waals surface area contributed by atoms with Crippen molar-refractivity contribution < 1.29 is 13.2 Å². The lowest BCUT2D eigenvalue weighted by Crippen LogP contribution is -2.54. The molecule has 2 aromatic rings. The third-order valence-electron chi connectivity index (χ3n) is 4.75. The van der Waals surface area contributed by atoms with Gasteiger partial charge in [0.05, 0.1) is 4.90 Å². The summed E-state index contributed by atoms with van der Waals surface area (Å²) < 4.78 is 28.2. The second kappa shape index (κ2) is 8.65. The van der Waals surface area contributed by atoms with Crippen LogP contribution in [-0.4, -0.2) is 63.4 Å². The second-order valence-electron chi connectivity index (χ2n) is 6.81. The van der Waals surface area contributed by atoms with Crippen molar-refractivity contribution in [1.29, 1.82) is 0 Å². The van der Waals surface area contributed by atoms with Gasteiger partial charge in [-0.2, -0.15) is 4.72 Å². The number of carbonyl (C=O) groups is 1. The molecular formula is C20H25N3O3S. The number of carbonyl (C=O) groups excluding carboxylic acids is 1. The monoisotopic (exact) mass is 387 g/mol. The van der Waals surface area contributed by atoms with Gasteiger partial charge in [0.2, 0.25) is 15.9 Å². The number of nitrogens with one attached hydrogen (secondary N) is 1. The van der Waals surface area contributed by atoms with E-state index in [0.717, 1.165) is 18.7 Å². The Bertz CT molecular complexity index is 849. The fraction of sp³-hybridized carbons (Fsp3) is 0.350. The van der Waals surface area contributed by atoms with E-state index in [4.69, 9.17) is 0 Å². The Morgan fingerprint density at radius 1 is 0.963 bits per heavy atom. The van der Waals surface area contributed by atoms with Crippen molar-refractivity contribution in [2.45, 2.75) is 17.4 Å². The van der Waals surface area contributed by atoms with Crippen LogP contribution < -0.4 is 4.72 Å². The molecule has 1 atom stereocenters. The molecule has 0 aromatic heterocycles. The zero-order chi connectivity index (χ0) is 19.3. The number of amides is 1. The normalized spacial score (nSPS) is 16.9. The van der Waals surface area contributed by atoms with Crippen LogP contribution in [0.1, 0.15) is 5.56 Å². The Hall–Kier alpha value is -2.22. The Balaban J connectivity index is 1.82. The molecule has 2 aromatic carbocycles. The van der Waals surface area contributed by atoms with Crippen molar-refractivity contribution >= 4 is 15.9 Å². The first-order chi connectivity index (χ1) is 13.0. The summed E-state index contributed by atoms with van der Waals surface area (Å²) in [7, 11) is -1.77. The first-order valence-corrected chi connectivity index (χ1v) is 10.5. The van der Waals surface area contributed by atoms with Gasteiger partial charge in [-0.1, -0.05) is 48.5 Å². The average molecular weight is 388 g/mol. The number of sulfonamides is 1. The van der Waals surface area contributed by atoms with Crippen molar-refractivity contribution in [2.75, 3.05) is 33.2 Å². The van der Waals surface area contributed by atoms with Crippen LogP contribution in [0.3, 0.4) is 0 Å². The molecule has 1 aliphatic heterocycles. The minimum absolute atomic E-state index is 0.161. The van der Waals surface area contributed by atoms with Crippen LogP contribution >= 0.6 is 0 Å². The van der Waals surface area contributed by atoms with Gasteiger partial charge in [-0.05, 0) is 31.2 Å². The van der Waals surface area contributed by atoms with Gasteiger partial charge in [0.25, 0.3) is 0 Å². The van der Waals surface area contributed by atoms with E-state index in [1.807, 2.05) is 37.4 Å². The van der Waals surface area contributed by atoms with E-state index in [2.05, 4.69) is 9.62 Å². The van der Waals surface area contributed by atoms with E-state index in [-0.39, 0.29) is 10.8 Å². The number of hydrogen-bond acceptors (Lipinski definition) is 4. The average Bonchev–Trinajstić information content (AvgIpc) is 2.69. The molecule has 0 radical (unpaired) electrons. The highest BCUT2D eigenvalue weighted by atomic mass is 32.2. The third kappa shape index (κ3) is 5.15. The number of nitrogens with zero attached hydrogens (tertiary/aromatic N) is 2. The van der Waals surface area contributed by atoms with E-state index in [1.54, 1.807) is 23.1 Å². The maximum absolute atomic E-state index is 13.1. The van der Waals surface area contributed by atoms with E-state index in [1.165, 1.54) is 12.1 Å². The molecule has 6 nitrogen and oxygen atoms in total. The van der Waals surface area contributed by atoms with Gasteiger partial charge >= 0.3 is 0 Å². The van der Waals surface area contributed by atoms with Crippen LogP contribution in [0.2, 0.25) is 0 Å². The molecule has 1 heterocycles. The number of benzene rings is 2. The molecule has 1 fully saturated rings. The fourth-order valence-corrected chi connectivity index (χ4v) is 4.34.